The molecule has 0 aliphatic rings. The maximum Gasteiger partial charge on any atom is 0.260 e. The quantitative estimate of drug-likeness (QED) is 0.782. The molecular weight excluding hydrogens is 314 g/mol. The van der Waals surface area contributed by atoms with Crippen molar-refractivity contribution in [1.82, 2.24) is 19.6 Å². The molecule has 3 rings (SSSR count). The lowest BCUT2D eigenvalue weighted by atomic mass is 10.2. The fraction of sp³-hybridized carbons (Fsp3) is 0.188. The number of nitrogens with one attached hydrogen (secondary N) is 1. The van der Waals surface area contributed by atoms with Crippen LogP contribution in [0.2, 0.25) is 5.02 Å². The Bertz CT molecular complexity index is 809. The van der Waals surface area contributed by atoms with Crippen LogP contribution in [0.15, 0.2) is 48.9 Å². The van der Waals surface area contributed by atoms with E-state index < -0.39 is 0 Å². The van der Waals surface area contributed by atoms with Gasteiger partial charge in [-0.1, -0.05) is 41.9 Å². The molecule has 23 heavy (non-hydrogen) atoms. The summed E-state index contributed by atoms with van der Waals surface area (Å²) in [4.78, 5) is 12.2. The second kappa shape index (κ2) is 6.66. The zero-order valence-corrected chi connectivity index (χ0v) is 13.4. The van der Waals surface area contributed by atoms with Gasteiger partial charge in [-0.25, -0.2) is 0 Å². The Labute approximate surface area is 138 Å². The van der Waals surface area contributed by atoms with Crippen LogP contribution in [0, 0.1) is 0 Å². The van der Waals surface area contributed by atoms with Gasteiger partial charge in [-0.05, 0) is 12.5 Å². The van der Waals surface area contributed by atoms with E-state index in [4.69, 9.17) is 11.6 Å². The number of carbonyl (C=O) groups is 1. The van der Waals surface area contributed by atoms with Crippen LogP contribution in [0.3, 0.4) is 0 Å². The van der Waals surface area contributed by atoms with Crippen molar-refractivity contribution in [2.75, 3.05) is 5.32 Å². The molecule has 0 saturated carbocycles. The lowest BCUT2D eigenvalue weighted by Crippen LogP contribution is -2.12. The van der Waals surface area contributed by atoms with Crippen molar-refractivity contribution in [2.24, 2.45) is 0 Å². The highest BCUT2D eigenvalue weighted by molar-refractivity contribution is 6.33. The molecule has 1 aromatic carbocycles. The van der Waals surface area contributed by atoms with Gasteiger partial charge in [0.15, 0.2) is 5.82 Å². The standard InChI is InChI=1S/C16H16ClN5O/c1-2-21-10-13(8-18-21)16(23)19-15-14(17)11-22(20-15)9-12-6-4-3-5-7-12/h3-8,10-11H,2,9H2,1H3,(H,19,20,23). The zero-order valence-electron chi connectivity index (χ0n) is 12.6. The lowest BCUT2D eigenvalue weighted by molar-refractivity contribution is 0.102. The number of halogens is 1. The molecule has 0 fully saturated rings. The molecule has 3 aromatic rings. The maximum atomic E-state index is 12.2. The molecule has 0 bridgehead atoms. The van der Waals surface area contributed by atoms with Gasteiger partial charge in [0.1, 0.15) is 5.02 Å². The second-order valence-electron chi connectivity index (χ2n) is 5.05. The molecule has 0 aliphatic heterocycles. The number of hydrogen-bond donors (Lipinski definition) is 1. The number of rotatable bonds is 5. The third-order valence-electron chi connectivity index (χ3n) is 3.36. The van der Waals surface area contributed by atoms with Gasteiger partial charge in [-0.15, -0.1) is 0 Å². The summed E-state index contributed by atoms with van der Waals surface area (Å²) in [5, 5.41) is 11.5. The Balaban J connectivity index is 1.72. The molecule has 7 heteroatoms. The molecule has 0 spiro atoms. The second-order valence-corrected chi connectivity index (χ2v) is 5.45. The molecule has 0 unspecified atom stereocenters. The lowest BCUT2D eigenvalue weighted by Gasteiger charge is -2.02. The Morgan fingerprint density at radius 1 is 1.22 bits per heavy atom. The number of aromatic nitrogens is 4. The van der Waals surface area contributed by atoms with Gasteiger partial charge in [-0.2, -0.15) is 10.2 Å². The van der Waals surface area contributed by atoms with Crippen molar-refractivity contribution in [3.8, 4) is 0 Å². The molecule has 0 radical (unpaired) electrons. The van der Waals surface area contributed by atoms with Crippen LogP contribution < -0.4 is 5.32 Å². The largest absolute Gasteiger partial charge is 0.304 e. The summed E-state index contributed by atoms with van der Waals surface area (Å²) in [6.45, 7) is 3.25. The Hall–Kier alpha value is -2.60. The summed E-state index contributed by atoms with van der Waals surface area (Å²) in [7, 11) is 0. The molecule has 0 atom stereocenters. The minimum atomic E-state index is -0.281. The first-order chi connectivity index (χ1) is 11.2. The third-order valence-corrected chi connectivity index (χ3v) is 3.63. The average molecular weight is 330 g/mol. The SMILES string of the molecule is CCn1cc(C(=O)Nc2nn(Cc3ccccc3)cc2Cl)cn1. The van der Waals surface area contributed by atoms with Gasteiger partial charge in [0.05, 0.1) is 18.3 Å². The summed E-state index contributed by atoms with van der Waals surface area (Å²) >= 11 is 6.16. The van der Waals surface area contributed by atoms with Crippen LogP contribution in [0.4, 0.5) is 5.82 Å². The molecule has 118 valence electrons. The topological polar surface area (TPSA) is 64.7 Å². The fourth-order valence-electron chi connectivity index (χ4n) is 2.17. The summed E-state index contributed by atoms with van der Waals surface area (Å²) in [6, 6.07) is 9.91. The number of carbonyl (C=O) groups excluding carboxylic acids is 1. The summed E-state index contributed by atoms with van der Waals surface area (Å²) in [6.07, 6.45) is 4.90. The summed E-state index contributed by atoms with van der Waals surface area (Å²) < 4.78 is 3.38. The summed E-state index contributed by atoms with van der Waals surface area (Å²) in [5.74, 6) is 0.0633. The number of nitrogens with zero attached hydrogens (tertiary/aromatic N) is 4. The molecule has 2 heterocycles. The van der Waals surface area contributed by atoms with E-state index >= 15 is 0 Å². The van der Waals surface area contributed by atoms with Gasteiger partial charge in [-0.3, -0.25) is 14.2 Å². The molecule has 1 N–H and O–H groups in total. The smallest absolute Gasteiger partial charge is 0.260 e. The molecule has 0 aliphatic carbocycles. The number of anilines is 1. The average Bonchev–Trinajstić information content (AvgIpc) is 3.16. The van der Waals surface area contributed by atoms with E-state index in [2.05, 4.69) is 15.5 Å². The first-order valence-corrected chi connectivity index (χ1v) is 7.64. The van der Waals surface area contributed by atoms with Crippen molar-refractivity contribution in [3.63, 3.8) is 0 Å². The summed E-state index contributed by atoms with van der Waals surface area (Å²) in [5.41, 5.74) is 1.58. The Kier molecular flexibility index (Phi) is 4.43. The first-order valence-electron chi connectivity index (χ1n) is 7.26. The molecule has 6 nitrogen and oxygen atoms in total. The van der Waals surface area contributed by atoms with E-state index in [1.54, 1.807) is 21.8 Å². The fourth-order valence-corrected chi connectivity index (χ4v) is 2.36. The van der Waals surface area contributed by atoms with E-state index in [0.29, 0.717) is 29.5 Å². The molecular formula is C16H16ClN5O. The van der Waals surface area contributed by atoms with Crippen molar-refractivity contribution in [1.29, 1.82) is 0 Å². The first kappa shape index (κ1) is 15.3. The van der Waals surface area contributed by atoms with Crippen LogP contribution in [0.5, 0.6) is 0 Å². The van der Waals surface area contributed by atoms with Crippen molar-refractivity contribution >= 4 is 23.3 Å². The molecule has 2 aromatic heterocycles. The Morgan fingerprint density at radius 2 is 2.00 bits per heavy atom. The van der Waals surface area contributed by atoms with Gasteiger partial charge < -0.3 is 5.32 Å². The van der Waals surface area contributed by atoms with Crippen LogP contribution in [-0.2, 0) is 13.1 Å². The highest BCUT2D eigenvalue weighted by atomic mass is 35.5. The van der Waals surface area contributed by atoms with Gasteiger partial charge >= 0.3 is 0 Å². The minimum Gasteiger partial charge on any atom is -0.304 e. The Morgan fingerprint density at radius 3 is 2.70 bits per heavy atom. The number of aryl methyl sites for hydroxylation is 1. The van der Waals surface area contributed by atoms with E-state index in [1.807, 2.05) is 37.3 Å². The van der Waals surface area contributed by atoms with Crippen LogP contribution in [-0.4, -0.2) is 25.5 Å². The van der Waals surface area contributed by atoms with Gasteiger partial charge in [0.25, 0.3) is 5.91 Å². The van der Waals surface area contributed by atoms with Crippen LogP contribution in [0.1, 0.15) is 22.8 Å². The number of benzene rings is 1. The van der Waals surface area contributed by atoms with Crippen molar-refractivity contribution < 1.29 is 4.79 Å². The van der Waals surface area contributed by atoms with Crippen LogP contribution in [0.25, 0.3) is 0 Å². The highest BCUT2D eigenvalue weighted by Crippen LogP contribution is 2.20. The predicted octanol–water partition coefficient (Wildman–Crippen LogP) is 3.05. The monoisotopic (exact) mass is 329 g/mol. The minimum absolute atomic E-state index is 0.281. The van der Waals surface area contributed by atoms with Crippen molar-refractivity contribution in [3.05, 3.63) is 65.1 Å². The third kappa shape index (κ3) is 3.60. The predicted molar refractivity (Wildman–Crippen MR) is 88.6 cm³/mol. The zero-order chi connectivity index (χ0) is 16.2. The van der Waals surface area contributed by atoms with E-state index in [-0.39, 0.29) is 5.91 Å². The van der Waals surface area contributed by atoms with E-state index in [1.165, 1.54) is 6.20 Å². The van der Waals surface area contributed by atoms with Crippen LogP contribution >= 0.6 is 11.6 Å². The van der Waals surface area contributed by atoms with E-state index in [9.17, 15) is 4.79 Å². The molecule has 0 saturated heterocycles. The number of amides is 1. The number of hydrogen-bond acceptors (Lipinski definition) is 3. The van der Waals surface area contributed by atoms with Gasteiger partial charge in [0, 0.05) is 18.9 Å². The maximum absolute atomic E-state index is 12.2. The van der Waals surface area contributed by atoms with E-state index in [0.717, 1.165) is 5.56 Å². The van der Waals surface area contributed by atoms with Crippen molar-refractivity contribution in [2.45, 2.75) is 20.0 Å². The highest BCUT2D eigenvalue weighted by Gasteiger charge is 2.14. The molecule has 1 amide bonds. The normalized spacial score (nSPS) is 10.7. The van der Waals surface area contributed by atoms with Gasteiger partial charge in [0.2, 0.25) is 0 Å².